The molecule has 2 atom stereocenters. The van der Waals surface area contributed by atoms with Crippen LogP contribution in [0.1, 0.15) is 37.7 Å². The molecule has 0 bridgehead atoms. The van der Waals surface area contributed by atoms with Gasteiger partial charge in [-0.25, -0.2) is 8.42 Å². The number of hydrogen-bond acceptors (Lipinski definition) is 3. The Morgan fingerprint density at radius 3 is 2.33 bits per heavy atom. The van der Waals surface area contributed by atoms with Gasteiger partial charge in [-0.3, -0.25) is 4.72 Å². The van der Waals surface area contributed by atoms with Crippen LogP contribution in [0, 0.1) is 11.8 Å². The maximum absolute atomic E-state index is 13.3. The van der Waals surface area contributed by atoms with Gasteiger partial charge in [0, 0.05) is 13.1 Å². The molecule has 0 amide bonds. The summed E-state index contributed by atoms with van der Waals surface area (Å²) in [6.07, 6.45) is 1.17. The van der Waals surface area contributed by atoms with Crippen LogP contribution in [0.5, 0.6) is 0 Å². The zero-order chi connectivity index (χ0) is 21.4. The summed E-state index contributed by atoms with van der Waals surface area (Å²) in [4.78, 5) is 2.05. The molecular formula is C22H25F3N2O2S. The molecule has 162 valence electrons. The number of piperidine rings is 1. The smallest absolute Gasteiger partial charge is 0.370 e. The van der Waals surface area contributed by atoms with Gasteiger partial charge in [0.25, 0.3) is 10.0 Å². The molecule has 0 radical (unpaired) electrons. The molecule has 2 aromatic carbocycles. The van der Waals surface area contributed by atoms with E-state index in [0.29, 0.717) is 24.1 Å². The molecule has 1 aliphatic heterocycles. The van der Waals surface area contributed by atoms with Crippen LogP contribution in [0.25, 0.3) is 0 Å². The Bertz CT molecular complexity index is 993. The summed E-state index contributed by atoms with van der Waals surface area (Å²) in [5.41, 5.74) is -0.390. The van der Waals surface area contributed by atoms with Crippen molar-refractivity contribution < 1.29 is 21.6 Å². The van der Waals surface area contributed by atoms with E-state index in [0.717, 1.165) is 31.5 Å². The van der Waals surface area contributed by atoms with Crippen molar-refractivity contribution in [3.63, 3.8) is 0 Å². The van der Waals surface area contributed by atoms with Gasteiger partial charge in [0.1, 0.15) is 0 Å². The monoisotopic (exact) mass is 438 g/mol. The van der Waals surface area contributed by atoms with Gasteiger partial charge in [0.05, 0.1) is 21.8 Å². The van der Waals surface area contributed by atoms with Crippen LogP contribution in [-0.4, -0.2) is 21.5 Å². The molecule has 2 aromatic rings. The Balaban J connectivity index is 1.68. The average Bonchev–Trinajstić information content (AvgIpc) is 2.73. The summed E-state index contributed by atoms with van der Waals surface area (Å²) in [6.45, 7) is 1.46. The Labute approximate surface area is 175 Å². The minimum atomic E-state index is -4.55. The van der Waals surface area contributed by atoms with Crippen LogP contribution in [0.4, 0.5) is 24.5 Å². The average molecular weight is 439 g/mol. The van der Waals surface area contributed by atoms with E-state index >= 15 is 0 Å². The number of hydrogen-bond donors (Lipinski definition) is 1. The van der Waals surface area contributed by atoms with Crippen molar-refractivity contribution in [1.29, 1.82) is 0 Å². The second kappa shape index (κ2) is 8.13. The lowest BCUT2D eigenvalue weighted by Gasteiger charge is -2.42. The Morgan fingerprint density at radius 2 is 1.63 bits per heavy atom. The lowest BCUT2D eigenvalue weighted by Crippen LogP contribution is -2.42. The largest absolute Gasteiger partial charge is 0.416 e. The van der Waals surface area contributed by atoms with E-state index in [9.17, 15) is 21.6 Å². The van der Waals surface area contributed by atoms with Gasteiger partial charge in [-0.15, -0.1) is 0 Å². The molecule has 1 saturated carbocycles. The normalized spacial score (nSPS) is 22.4. The predicted molar refractivity (Wildman–Crippen MR) is 111 cm³/mol. The summed E-state index contributed by atoms with van der Waals surface area (Å²) < 4.78 is 68.0. The number of rotatable bonds is 4. The van der Waals surface area contributed by atoms with Crippen LogP contribution in [0.15, 0.2) is 53.4 Å². The third kappa shape index (κ3) is 4.43. The van der Waals surface area contributed by atoms with Gasteiger partial charge in [-0.1, -0.05) is 37.5 Å². The van der Waals surface area contributed by atoms with Crippen molar-refractivity contribution in [1.82, 2.24) is 0 Å². The quantitative estimate of drug-likeness (QED) is 0.684. The maximum Gasteiger partial charge on any atom is 0.416 e. The summed E-state index contributed by atoms with van der Waals surface area (Å²) in [7, 11) is -4.00. The van der Waals surface area contributed by atoms with Crippen LogP contribution in [0.2, 0.25) is 0 Å². The van der Waals surface area contributed by atoms with Gasteiger partial charge in [0.15, 0.2) is 0 Å². The Kier molecular flexibility index (Phi) is 5.70. The molecule has 4 nitrogen and oxygen atoms in total. The highest BCUT2D eigenvalue weighted by Crippen LogP contribution is 2.41. The van der Waals surface area contributed by atoms with E-state index in [-0.39, 0.29) is 10.6 Å². The molecule has 0 aromatic heterocycles. The molecule has 0 spiro atoms. The first-order valence-electron chi connectivity index (χ1n) is 10.3. The standard InChI is InChI=1S/C22H25F3N2O2S/c23-22(24,25)18-10-11-21(27-13-12-16-6-4-5-7-17(16)15-27)20(14-18)26-30(28,29)19-8-2-1-3-9-19/h1-3,8-11,14,16-17,26H,4-7,12-13,15H2. The molecular weight excluding hydrogens is 413 g/mol. The minimum Gasteiger partial charge on any atom is -0.370 e. The van der Waals surface area contributed by atoms with Crippen molar-refractivity contribution in [3.05, 3.63) is 54.1 Å². The summed E-state index contributed by atoms with van der Waals surface area (Å²) in [6, 6.07) is 11.0. The van der Waals surface area contributed by atoms with Gasteiger partial charge in [-0.05, 0) is 55.0 Å². The number of sulfonamides is 1. The molecule has 1 saturated heterocycles. The highest BCUT2D eigenvalue weighted by Gasteiger charge is 2.35. The molecule has 1 N–H and O–H groups in total. The van der Waals surface area contributed by atoms with Crippen molar-refractivity contribution in [2.45, 2.75) is 43.2 Å². The van der Waals surface area contributed by atoms with Gasteiger partial charge < -0.3 is 4.90 Å². The van der Waals surface area contributed by atoms with Gasteiger partial charge in [-0.2, -0.15) is 13.2 Å². The maximum atomic E-state index is 13.3. The molecule has 1 heterocycles. The molecule has 2 unspecified atom stereocenters. The van der Waals surface area contributed by atoms with Gasteiger partial charge >= 0.3 is 6.18 Å². The lowest BCUT2D eigenvalue weighted by molar-refractivity contribution is -0.137. The molecule has 2 fully saturated rings. The van der Waals surface area contributed by atoms with E-state index in [4.69, 9.17) is 0 Å². The molecule has 30 heavy (non-hydrogen) atoms. The summed E-state index contributed by atoms with van der Waals surface area (Å²) >= 11 is 0. The zero-order valence-electron chi connectivity index (χ0n) is 16.5. The third-order valence-corrected chi connectivity index (χ3v) is 7.64. The van der Waals surface area contributed by atoms with E-state index < -0.39 is 21.8 Å². The van der Waals surface area contributed by atoms with E-state index in [1.165, 1.54) is 37.5 Å². The molecule has 1 aliphatic carbocycles. The van der Waals surface area contributed by atoms with Crippen molar-refractivity contribution in [3.8, 4) is 0 Å². The number of halogens is 3. The van der Waals surface area contributed by atoms with Crippen molar-refractivity contribution >= 4 is 21.4 Å². The SMILES string of the molecule is O=S(=O)(Nc1cc(C(F)(F)F)ccc1N1CCC2CCCCC2C1)c1ccccc1. The first kappa shape index (κ1) is 21.0. The topological polar surface area (TPSA) is 49.4 Å². The van der Waals surface area contributed by atoms with Crippen LogP contribution in [-0.2, 0) is 16.2 Å². The fourth-order valence-electron chi connectivity index (χ4n) is 4.69. The Hall–Kier alpha value is -2.22. The van der Waals surface area contributed by atoms with Crippen LogP contribution < -0.4 is 9.62 Å². The van der Waals surface area contributed by atoms with E-state index in [1.807, 2.05) is 4.90 Å². The molecule has 8 heteroatoms. The fourth-order valence-corrected chi connectivity index (χ4v) is 5.78. The minimum absolute atomic E-state index is 0.0133. The predicted octanol–water partition coefficient (Wildman–Crippen LogP) is 5.52. The second-order valence-electron chi connectivity index (χ2n) is 8.19. The first-order chi connectivity index (χ1) is 14.2. The first-order valence-corrected chi connectivity index (χ1v) is 11.8. The van der Waals surface area contributed by atoms with E-state index in [1.54, 1.807) is 18.2 Å². The number of anilines is 2. The van der Waals surface area contributed by atoms with Crippen LogP contribution in [0.3, 0.4) is 0 Å². The third-order valence-electron chi connectivity index (χ3n) is 6.25. The zero-order valence-corrected chi connectivity index (χ0v) is 17.3. The van der Waals surface area contributed by atoms with Crippen molar-refractivity contribution in [2.75, 3.05) is 22.7 Å². The highest BCUT2D eigenvalue weighted by atomic mass is 32.2. The second-order valence-corrected chi connectivity index (χ2v) is 9.87. The number of nitrogens with zero attached hydrogens (tertiary/aromatic N) is 1. The highest BCUT2D eigenvalue weighted by molar-refractivity contribution is 7.92. The fraction of sp³-hybridized carbons (Fsp3) is 0.455. The van der Waals surface area contributed by atoms with Gasteiger partial charge in [0.2, 0.25) is 0 Å². The molecule has 2 aliphatic rings. The lowest BCUT2D eigenvalue weighted by atomic mass is 9.75. The number of fused-ring (bicyclic) bond motifs is 1. The number of benzene rings is 2. The summed E-state index contributed by atoms with van der Waals surface area (Å²) in [5, 5.41) is 0. The number of nitrogens with one attached hydrogen (secondary N) is 1. The Morgan fingerprint density at radius 1 is 0.933 bits per heavy atom. The van der Waals surface area contributed by atoms with Crippen LogP contribution >= 0.6 is 0 Å². The molecule has 4 rings (SSSR count). The number of alkyl halides is 3. The summed E-state index contributed by atoms with van der Waals surface area (Å²) in [5.74, 6) is 1.17. The van der Waals surface area contributed by atoms with E-state index in [2.05, 4.69) is 4.72 Å². The van der Waals surface area contributed by atoms with Crippen molar-refractivity contribution in [2.24, 2.45) is 11.8 Å².